The molecule has 0 bridgehead atoms. The molecule has 0 fully saturated rings. The predicted octanol–water partition coefficient (Wildman–Crippen LogP) is 9.00. The van der Waals surface area contributed by atoms with Crippen molar-refractivity contribution in [3.05, 3.63) is 59.7 Å². The van der Waals surface area contributed by atoms with Gasteiger partial charge in [0.15, 0.2) is 0 Å². The van der Waals surface area contributed by atoms with Crippen LogP contribution >= 0.6 is 0 Å². The van der Waals surface area contributed by atoms with Gasteiger partial charge in [-0.25, -0.2) is 0 Å². The van der Waals surface area contributed by atoms with E-state index < -0.39 is 0 Å². The summed E-state index contributed by atoms with van der Waals surface area (Å²) in [5.41, 5.74) is 3.25. The third-order valence-corrected chi connectivity index (χ3v) is 6.73. The Bertz CT molecular complexity index is 846. The molecule has 0 saturated heterocycles. The Morgan fingerprint density at radius 3 is 1.24 bits per heavy atom. The fourth-order valence-corrected chi connectivity index (χ4v) is 4.37. The van der Waals surface area contributed by atoms with Crippen LogP contribution < -0.4 is 9.47 Å². The van der Waals surface area contributed by atoms with Crippen LogP contribution in [0.4, 0.5) is 0 Å². The summed E-state index contributed by atoms with van der Waals surface area (Å²) in [7, 11) is 0. The Kier molecular flexibility index (Phi) is 16.4. The van der Waals surface area contributed by atoms with Crippen molar-refractivity contribution in [3.8, 4) is 11.5 Å². The first-order chi connectivity index (χ1) is 18.7. The molecule has 6 nitrogen and oxygen atoms in total. The van der Waals surface area contributed by atoms with Gasteiger partial charge in [-0.15, -0.1) is 0 Å². The van der Waals surface area contributed by atoms with Crippen LogP contribution in [0.25, 0.3) is 0 Å². The molecule has 0 saturated carbocycles. The van der Waals surface area contributed by atoms with E-state index in [0.717, 1.165) is 74.4 Å². The highest BCUT2D eigenvalue weighted by atomic mass is 16.5. The van der Waals surface area contributed by atoms with E-state index in [1.165, 1.54) is 38.5 Å². The van der Waals surface area contributed by atoms with Crippen molar-refractivity contribution < 1.29 is 19.9 Å². The summed E-state index contributed by atoms with van der Waals surface area (Å²) < 4.78 is 11.6. The average Bonchev–Trinajstić information content (AvgIpc) is 2.95. The Balaban J connectivity index is 1.65. The van der Waals surface area contributed by atoms with Gasteiger partial charge in [-0.05, 0) is 98.2 Å². The minimum absolute atomic E-state index is 0.699. The molecular weight excluding hydrogens is 476 g/mol. The molecule has 210 valence electrons. The smallest absolute Gasteiger partial charge is 0.119 e. The maximum Gasteiger partial charge on any atom is 0.119 e. The van der Waals surface area contributed by atoms with Crippen LogP contribution in [0.1, 0.15) is 115 Å². The molecule has 0 aromatic heterocycles. The summed E-state index contributed by atoms with van der Waals surface area (Å²) >= 11 is 0. The molecular formula is C32H48N2O4. The minimum atomic E-state index is 0.699. The fourth-order valence-electron chi connectivity index (χ4n) is 4.37. The molecule has 2 aromatic rings. The first-order valence-corrected chi connectivity index (χ1v) is 14.6. The maximum atomic E-state index is 9.51. The number of oxime groups is 2. The maximum absolute atomic E-state index is 9.51. The fraction of sp³-hybridized carbons (Fsp3) is 0.562. The summed E-state index contributed by atoms with van der Waals surface area (Å²) in [6, 6.07) is 15.6. The van der Waals surface area contributed by atoms with Crippen LogP contribution in [0.3, 0.4) is 0 Å². The summed E-state index contributed by atoms with van der Waals surface area (Å²) in [5, 5.41) is 26.1. The van der Waals surface area contributed by atoms with E-state index in [9.17, 15) is 10.4 Å². The summed E-state index contributed by atoms with van der Waals surface area (Å²) in [5.74, 6) is 1.71. The third-order valence-electron chi connectivity index (χ3n) is 6.73. The van der Waals surface area contributed by atoms with Gasteiger partial charge in [-0.3, -0.25) is 0 Å². The van der Waals surface area contributed by atoms with Crippen LogP contribution in [0.15, 0.2) is 58.8 Å². The van der Waals surface area contributed by atoms with Crippen LogP contribution in [0.2, 0.25) is 0 Å². The zero-order valence-electron chi connectivity index (χ0n) is 23.5. The number of hydrogen-bond donors (Lipinski definition) is 2. The van der Waals surface area contributed by atoms with Gasteiger partial charge in [0.2, 0.25) is 0 Å². The molecule has 2 aromatic carbocycles. The van der Waals surface area contributed by atoms with Gasteiger partial charge in [0.1, 0.15) is 11.5 Å². The topological polar surface area (TPSA) is 83.6 Å². The molecule has 0 aliphatic heterocycles. The second kappa shape index (κ2) is 20.0. The van der Waals surface area contributed by atoms with Crippen LogP contribution in [-0.4, -0.2) is 35.1 Å². The second-order valence-corrected chi connectivity index (χ2v) is 9.87. The minimum Gasteiger partial charge on any atom is -0.494 e. The molecule has 0 radical (unpaired) electrons. The highest BCUT2D eigenvalue weighted by molar-refractivity contribution is 6.00. The molecule has 0 aliphatic carbocycles. The van der Waals surface area contributed by atoms with Crippen LogP contribution in [0, 0.1) is 0 Å². The highest BCUT2D eigenvalue weighted by Crippen LogP contribution is 2.18. The standard InChI is InChI=1S/C32H48N2O4/c1-3-5-7-13-25-37-29-21-17-27(18-22-29)31(33-35)15-11-9-10-12-16-32(34-36)28-19-23-30(24-20-28)38-26-14-8-6-4-2/h17-24,35-36H,3-16,25-26H2,1-2H3/b33-31+,34-32+. The molecule has 2 N–H and O–H groups in total. The van der Waals surface area contributed by atoms with Crippen molar-refractivity contribution in [2.45, 2.75) is 104 Å². The number of unbranched alkanes of at least 4 members (excludes halogenated alkanes) is 9. The summed E-state index contributed by atoms with van der Waals surface area (Å²) in [4.78, 5) is 0. The normalized spacial score (nSPS) is 12.1. The third kappa shape index (κ3) is 12.5. The van der Waals surface area contributed by atoms with Crippen molar-refractivity contribution >= 4 is 11.4 Å². The first kappa shape index (κ1) is 31.2. The van der Waals surface area contributed by atoms with E-state index in [1.54, 1.807) is 0 Å². The SMILES string of the molecule is CCCCCCOc1ccc(/C(CCCCCC/C(=N\O)c2ccc(OCCCCCC)cc2)=N/O)cc1. The lowest BCUT2D eigenvalue weighted by atomic mass is 10.0. The quantitative estimate of drug-likeness (QED) is 0.0738. The van der Waals surface area contributed by atoms with E-state index in [-0.39, 0.29) is 0 Å². The van der Waals surface area contributed by atoms with Gasteiger partial charge in [-0.2, -0.15) is 0 Å². The highest BCUT2D eigenvalue weighted by Gasteiger charge is 2.08. The van der Waals surface area contributed by atoms with E-state index in [1.807, 2.05) is 48.5 Å². The molecule has 0 unspecified atom stereocenters. The lowest BCUT2D eigenvalue weighted by Gasteiger charge is -2.09. The number of nitrogens with zero attached hydrogens (tertiary/aromatic N) is 2. The lowest BCUT2D eigenvalue weighted by molar-refractivity contribution is 0.305. The number of ether oxygens (including phenoxy) is 2. The van der Waals surface area contributed by atoms with Gasteiger partial charge in [0.05, 0.1) is 24.6 Å². The first-order valence-electron chi connectivity index (χ1n) is 14.6. The van der Waals surface area contributed by atoms with Gasteiger partial charge in [0.25, 0.3) is 0 Å². The molecule has 6 heteroatoms. The van der Waals surface area contributed by atoms with Crippen molar-refractivity contribution in [3.63, 3.8) is 0 Å². The average molecular weight is 525 g/mol. The van der Waals surface area contributed by atoms with Gasteiger partial charge in [0, 0.05) is 0 Å². The molecule has 0 heterocycles. The van der Waals surface area contributed by atoms with Crippen LogP contribution in [-0.2, 0) is 0 Å². The van der Waals surface area contributed by atoms with Crippen LogP contribution in [0.5, 0.6) is 11.5 Å². The van der Waals surface area contributed by atoms with E-state index in [2.05, 4.69) is 24.2 Å². The zero-order valence-corrected chi connectivity index (χ0v) is 23.5. The monoisotopic (exact) mass is 524 g/mol. The molecule has 2 rings (SSSR count). The molecule has 0 spiro atoms. The van der Waals surface area contributed by atoms with E-state index >= 15 is 0 Å². The van der Waals surface area contributed by atoms with E-state index in [4.69, 9.17) is 9.47 Å². The largest absolute Gasteiger partial charge is 0.494 e. The molecule has 0 atom stereocenters. The van der Waals surface area contributed by atoms with Gasteiger partial charge < -0.3 is 19.9 Å². The number of rotatable bonds is 21. The van der Waals surface area contributed by atoms with Crippen molar-refractivity contribution in [2.24, 2.45) is 10.3 Å². The second-order valence-electron chi connectivity index (χ2n) is 9.87. The van der Waals surface area contributed by atoms with E-state index in [0.29, 0.717) is 24.3 Å². The number of hydrogen-bond acceptors (Lipinski definition) is 6. The predicted molar refractivity (Wildman–Crippen MR) is 157 cm³/mol. The van der Waals surface area contributed by atoms with Crippen molar-refractivity contribution in [1.82, 2.24) is 0 Å². The molecule has 0 aliphatic rings. The zero-order chi connectivity index (χ0) is 27.3. The Labute approximate surface area is 229 Å². The molecule has 38 heavy (non-hydrogen) atoms. The molecule has 0 amide bonds. The van der Waals surface area contributed by atoms with Crippen molar-refractivity contribution in [1.29, 1.82) is 0 Å². The summed E-state index contributed by atoms with van der Waals surface area (Å²) in [6.45, 7) is 5.88. The van der Waals surface area contributed by atoms with Gasteiger partial charge >= 0.3 is 0 Å². The lowest BCUT2D eigenvalue weighted by Crippen LogP contribution is -2.03. The Morgan fingerprint density at radius 2 is 0.895 bits per heavy atom. The van der Waals surface area contributed by atoms with Crippen molar-refractivity contribution in [2.75, 3.05) is 13.2 Å². The Morgan fingerprint density at radius 1 is 0.526 bits per heavy atom. The number of benzene rings is 2. The Hall–Kier alpha value is -3.02. The summed E-state index contributed by atoms with van der Waals surface area (Å²) in [6.07, 6.45) is 14.8. The van der Waals surface area contributed by atoms with Gasteiger partial charge in [-0.1, -0.05) is 75.5 Å².